The number of hydrogen-bond acceptors (Lipinski definition) is 9. The third kappa shape index (κ3) is 25.0. The molecule has 9 nitrogen and oxygen atoms in total. The Labute approximate surface area is 171 Å². The lowest BCUT2D eigenvalue weighted by Gasteiger charge is -1.99. The molecule has 0 spiro atoms. The largest absolute Gasteiger partial charge is 0.474 e. The van der Waals surface area contributed by atoms with Gasteiger partial charge in [0.25, 0.3) is 0 Å². The van der Waals surface area contributed by atoms with Crippen LogP contribution in [0.25, 0.3) is 0 Å². The lowest BCUT2D eigenvalue weighted by Crippen LogP contribution is -2.09. The summed E-state index contributed by atoms with van der Waals surface area (Å²) in [6, 6.07) is 0. The van der Waals surface area contributed by atoms with Crippen LogP contribution >= 0.6 is 0 Å². The molecular formula is C20H29NO8. The van der Waals surface area contributed by atoms with Crippen molar-refractivity contribution in [3.05, 3.63) is 50.5 Å². The molecule has 0 radical (unpaired) electrons. The first-order chi connectivity index (χ1) is 13.9. The van der Waals surface area contributed by atoms with E-state index < -0.39 is 0 Å². The van der Waals surface area contributed by atoms with E-state index in [9.17, 15) is 9.59 Å². The summed E-state index contributed by atoms with van der Waals surface area (Å²) in [6.07, 6.45) is 5.45. The van der Waals surface area contributed by atoms with Gasteiger partial charge in [-0.05, 0) is 13.8 Å². The molecule has 2 aliphatic heterocycles. The zero-order valence-corrected chi connectivity index (χ0v) is 17.0. The molecule has 0 N–H and O–H groups in total. The van der Waals surface area contributed by atoms with Gasteiger partial charge < -0.3 is 23.7 Å². The highest BCUT2D eigenvalue weighted by molar-refractivity contribution is 5.86. The minimum Gasteiger partial charge on any atom is -0.474 e. The molecule has 162 valence electrons. The van der Waals surface area contributed by atoms with Gasteiger partial charge in [0.05, 0.1) is 25.7 Å². The van der Waals surface area contributed by atoms with Crippen LogP contribution in [0.5, 0.6) is 0 Å². The predicted octanol–water partition coefficient (Wildman–Crippen LogP) is 2.25. The standard InChI is InChI=1S/C7H10O3.C6H8O3.C4H6O.C3H5NO/c1-5(2)7(8)10-4-6-3-9-6;1-2-6(7)9-4-5-3-8-5;1-3-5-4-2;1-2-4-3-5/h6H,1,3-4H2,2H3;2,5H,1,3-4H2;3-4H,1-2H2;2H2,1H3. The first kappa shape index (κ1) is 28.2. The van der Waals surface area contributed by atoms with Crippen LogP contribution in [0.4, 0.5) is 0 Å². The van der Waals surface area contributed by atoms with Crippen LogP contribution in [0, 0.1) is 0 Å². The number of aliphatic imine (C=N–C) groups is 1. The Kier molecular flexibility index (Phi) is 19.2. The maximum Gasteiger partial charge on any atom is 0.333 e. The van der Waals surface area contributed by atoms with Gasteiger partial charge in [-0.25, -0.2) is 19.4 Å². The molecule has 0 aliphatic carbocycles. The number of carbonyl (C=O) groups excluding carboxylic acids is 3. The number of rotatable bonds is 9. The SMILES string of the molecule is C=C(C)C(=O)OCC1CO1.C=CC(=O)OCC1CO1.C=COC=C.CCN=C=O. The fourth-order valence-corrected chi connectivity index (χ4v) is 0.987. The van der Waals surface area contributed by atoms with E-state index in [1.807, 2.05) is 0 Å². The van der Waals surface area contributed by atoms with Crippen molar-refractivity contribution < 1.29 is 38.1 Å². The summed E-state index contributed by atoms with van der Waals surface area (Å²) in [5.74, 6) is -0.721. The monoisotopic (exact) mass is 411 g/mol. The molecule has 29 heavy (non-hydrogen) atoms. The Morgan fingerprint density at radius 1 is 1.10 bits per heavy atom. The number of carbonyl (C=O) groups is 2. The smallest absolute Gasteiger partial charge is 0.333 e. The lowest BCUT2D eigenvalue weighted by molar-refractivity contribution is -0.139. The zero-order chi connectivity index (χ0) is 22.5. The number of epoxide rings is 2. The molecule has 0 amide bonds. The molecule has 0 aromatic heterocycles. The van der Waals surface area contributed by atoms with E-state index in [0.717, 1.165) is 6.08 Å². The number of isocyanates is 1. The van der Waals surface area contributed by atoms with Crippen LogP contribution in [0.15, 0.2) is 55.5 Å². The van der Waals surface area contributed by atoms with E-state index >= 15 is 0 Å². The molecule has 2 rings (SSSR count). The second-order valence-corrected chi connectivity index (χ2v) is 5.16. The third-order valence-corrected chi connectivity index (χ3v) is 2.55. The Hall–Kier alpha value is -3.00. The Morgan fingerprint density at radius 2 is 1.59 bits per heavy atom. The van der Waals surface area contributed by atoms with Crippen molar-refractivity contribution in [2.75, 3.05) is 33.0 Å². The molecular weight excluding hydrogens is 382 g/mol. The van der Waals surface area contributed by atoms with Crippen LogP contribution in [-0.4, -0.2) is 63.2 Å². The van der Waals surface area contributed by atoms with Crippen LogP contribution in [-0.2, 0) is 38.1 Å². The van der Waals surface area contributed by atoms with Crippen LogP contribution in [0.2, 0.25) is 0 Å². The highest BCUT2D eigenvalue weighted by Crippen LogP contribution is 2.09. The van der Waals surface area contributed by atoms with Crippen LogP contribution in [0.1, 0.15) is 13.8 Å². The van der Waals surface area contributed by atoms with Crippen molar-refractivity contribution in [1.82, 2.24) is 0 Å². The van der Waals surface area contributed by atoms with E-state index in [4.69, 9.17) is 19.0 Å². The van der Waals surface area contributed by atoms with Crippen molar-refractivity contribution in [2.24, 2.45) is 4.99 Å². The van der Waals surface area contributed by atoms with Gasteiger partial charge in [-0.2, -0.15) is 0 Å². The first-order valence-electron chi connectivity index (χ1n) is 8.62. The summed E-state index contributed by atoms with van der Waals surface area (Å²) < 4.78 is 23.4. The minimum absolute atomic E-state index is 0.142. The second-order valence-electron chi connectivity index (χ2n) is 5.16. The van der Waals surface area contributed by atoms with Crippen LogP contribution in [0.3, 0.4) is 0 Å². The molecule has 2 aliphatic rings. The maximum atomic E-state index is 10.7. The number of hydrogen-bond donors (Lipinski definition) is 0. The average Bonchev–Trinajstić information content (AvgIpc) is 3.61. The van der Waals surface area contributed by atoms with E-state index in [-0.39, 0.29) is 24.1 Å². The molecule has 2 saturated heterocycles. The number of esters is 2. The average molecular weight is 411 g/mol. The normalized spacial score (nSPS) is 16.6. The Bertz CT molecular complexity index is 567. The summed E-state index contributed by atoms with van der Waals surface area (Å²) in [5.41, 5.74) is 0.431. The van der Waals surface area contributed by atoms with E-state index in [1.54, 1.807) is 13.8 Å². The third-order valence-electron chi connectivity index (χ3n) is 2.55. The quantitative estimate of drug-likeness (QED) is 0.142. The highest BCUT2D eigenvalue weighted by Gasteiger charge is 2.24. The van der Waals surface area contributed by atoms with Crippen molar-refractivity contribution in [2.45, 2.75) is 26.1 Å². The van der Waals surface area contributed by atoms with E-state index in [2.05, 4.69) is 40.8 Å². The molecule has 0 saturated carbocycles. The Morgan fingerprint density at radius 3 is 1.83 bits per heavy atom. The summed E-state index contributed by atoms with van der Waals surface area (Å²) >= 11 is 0. The van der Waals surface area contributed by atoms with Gasteiger partial charge in [-0.15, -0.1) is 0 Å². The lowest BCUT2D eigenvalue weighted by atomic mass is 10.4. The van der Waals surface area contributed by atoms with Gasteiger partial charge in [-0.3, -0.25) is 0 Å². The number of nitrogens with zero attached hydrogens (tertiary/aromatic N) is 1. The molecule has 9 heteroatoms. The summed E-state index contributed by atoms with van der Waals surface area (Å²) in [5, 5.41) is 0. The molecule has 2 unspecified atom stereocenters. The summed E-state index contributed by atoms with van der Waals surface area (Å²) in [4.78, 5) is 33.3. The van der Waals surface area contributed by atoms with Gasteiger partial charge >= 0.3 is 11.9 Å². The topological polar surface area (TPSA) is 116 Å². The first-order valence-corrected chi connectivity index (χ1v) is 8.62. The minimum atomic E-state index is -0.384. The fraction of sp³-hybridized carbons (Fsp3) is 0.450. The highest BCUT2D eigenvalue weighted by atomic mass is 16.6. The van der Waals surface area contributed by atoms with Gasteiger partial charge in [-0.1, -0.05) is 26.3 Å². The summed E-state index contributed by atoms with van der Waals surface area (Å²) in [7, 11) is 0. The van der Waals surface area contributed by atoms with Gasteiger partial charge in [0.1, 0.15) is 25.4 Å². The zero-order valence-electron chi connectivity index (χ0n) is 17.0. The predicted molar refractivity (Wildman–Crippen MR) is 107 cm³/mol. The fourth-order valence-electron chi connectivity index (χ4n) is 0.987. The second kappa shape index (κ2) is 19.8. The van der Waals surface area contributed by atoms with E-state index in [0.29, 0.717) is 38.5 Å². The van der Waals surface area contributed by atoms with Crippen molar-refractivity contribution in [3.63, 3.8) is 0 Å². The Balaban J connectivity index is 0. The van der Waals surface area contributed by atoms with Gasteiger partial charge in [0.15, 0.2) is 0 Å². The molecule has 0 aromatic rings. The molecule has 2 fully saturated rings. The van der Waals surface area contributed by atoms with Crippen LogP contribution < -0.4 is 0 Å². The molecule has 0 bridgehead atoms. The van der Waals surface area contributed by atoms with Crippen molar-refractivity contribution >= 4 is 18.0 Å². The van der Waals surface area contributed by atoms with Crippen molar-refractivity contribution in [3.8, 4) is 0 Å². The molecule has 2 atom stereocenters. The van der Waals surface area contributed by atoms with Gasteiger partial charge in [0.2, 0.25) is 6.08 Å². The molecule has 0 aromatic carbocycles. The maximum absolute atomic E-state index is 10.7. The molecule has 2 heterocycles. The van der Waals surface area contributed by atoms with Crippen molar-refractivity contribution in [1.29, 1.82) is 0 Å². The van der Waals surface area contributed by atoms with E-state index in [1.165, 1.54) is 18.6 Å². The number of ether oxygens (including phenoxy) is 5. The summed E-state index contributed by atoms with van der Waals surface area (Å²) in [6.45, 7) is 19.3. The van der Waals surface area contributed by atoms with Gasteiger partial charge in [0, 0.05) is 18.2 Å².